The van der Waals surface area contributed by atoms with Gasteiger partial charge in [0.15, 0.2) is 0 Å². The van der Waals surface area contributed by atoms with Crippen LogP contribution in [0.25, 0.3) is 0 Å². The minimum absolute atomic E-state index is 0. The van der Waals surface area contributed by atoms with E-state index in [1.807, 2.05) is 0 Å². The van der Waals surface area contributed by atoms with Crippen LogP contribution in [0.2, 0.25) is 5.02 Å². The van der Waals surface area contributed by atoms with E-state index in [9.17, 15) is 9.59 Å². The van der Waals surface area contributed by atoms with Crippen LogP contribution >= 0.6 is 24.0 Å². The number of fused-ring (bicyclic) bond motifs is 1. The molecule has 0 bridgehead atoms. The maximum atomic E-state index is 11.0. The zero-order chi connectivity index (χ0) is 8.72. The van der Waals surface area contributed by atoms with Gasteiger partial charge in [-0.2, -0.15) is 0 Å². The van der Waals surface area contributed by atoms with Gasteiger partial charge in [0.25, 0.3) is 0 Å². The third-order valence-corrected chi connectivity index (χ3v) is 1.94. The van der Waals surface area contributed by atoms with Crippen LogP contribution in [0.1, 0.15) is 20.7 Å². The van der Waals surface area contributed by atoms with Crippen molar-refractivity contribution in [3.63, 3.8) is 0 Å². The number of hydrogen-bond acceptors (Lipinski definition) is 3. The third kappa shape index (κ3) is 1.41. The molecule has 5 heteroatoms. The molecule has 0 amide bonds. The highest BCUT2D eigenvalue weighted by molar-refractivity contribution is 6.35. The lowest BCUT2D eigenvalue weighted by Crippen LogP contribution is -1.97. The fourth-order valence-electron chi connectivity index (χ4n) is 1.09. The van der Waals surface area contributed by atoms with Gasteiger partial charge in [0.1, 0.15) is 0 Å². The minimum Gasteiger partial charge on any atom is -0.386 e. The summed E-state index contributed by atoms with van der Waals surface area (Å²) in [5.41, 5.74) is 0.414. The molecular weight excluding hydrogens is 215 g/mol. The molecular formula is C8H4Cl2O3. The summed E-state index contributed by atoms with van der Waals surface area (Å²) in [6.07, 6.45) is 0. The molecule has 0 atom stereocenters. The fourth-order valence-corrected chi connectivity index (χ4v) is 1.34. The van der Waals surface area contributed by atoms with E-state index in [4.69, 9.17) is 11.6 Å². The largest absolute Gasteiger partial charge is 0.386 e. The van der Waals surface area contributed by atoms with Crippen LogP contribution in [0.5, 0.6) is 0 Å². The van der Waals surface area contributed by atoms with Crippen LogP contribution in [0, 0.1) is 0 Å². The van der Waals surface area contributed by atoms with Gasteiger partial charge >= 0.3 is 11.9 Å². The van der Waals surface area contributed by atoms with Gasteiger partial charge in [0.2, 0.25) is 0 Å². The average molecular weight is 219 g/mol. The van der Waals surface area contributed by atoms with E-state index in [1.165, 1.54) is 6.07 Å². The number of carbonyl (C=O) groups excluding carboxylic acids is 2. The van der Waals surface area contributed by atoms with Crippen LogP contribution in [-0.4, -0.2) is 11.9 Å². The van der Waals surface area contributed by atoms with Gasteiger partial charge in [-0.3, -0.25) is 0 Å². The number of hydrogen-bond donors (Lipinski definition) is 0. The van der Waals surface area contributed by atoms with Gasteiger partial charge in [-0.05, 0) is 12.1 Å². The van der Waals surface area contributed by atoms with Gasteiger partial charge in [0.05, 0.1) is 16.1 Å². The first-order valence-electron chi connectivity index (χ1n) is 3.25. The zero-order valence-corrected chi connectivity index (χ0v) is 7.82. The number of cyclic esters (lactones) is 2. The Labute approximate surface area is 85.0 Å². The van der Waals surface area contributed by atoms with Crippen molar-refractivity contribution < 1.29 is 14.3 Å². The Morgan fingerprint density at radius 1 is 1.15 bits per heavy atom. The van der Waals surface area contributed by atoms with Gasteiger partial charge in [-0.1, -0.05) is 17.7 Å². The molecule has 0 aromatic heterocycles. The second-order valence-corrected chi connectivity index (χ2v) is 2.75. The molecule has 0 unspecified atom stereocenters. The second-order valence-electron chi connectivity index (χ2n) is 2.34. The molecule has 1 heterocycles. The van der Waals surface area contributed by atoms with Crippen molar-refractivity contribution in [1.29, 1.82) is 0 Å². The molecule has 1 aromatic carbocycles. The zero-order valence-electron chi connectivity index (χ0n) is 6.24. The Bertz CT molecular complexity index is 387. The number of rotatable bonds is 0. The highest BCUT2D eigenvalue weighted by Crippen LogP contribution is 2.26. The topological polar surface area (TPSA) is 43.4 Å². The average Bonchev–Trinajstić information content (AvgIpc) is 2.29. The summed E-state index contributed by atoms with van der Waals surface area (Å²) in [6.45, 7) is 0. The Balaban J connectivity index is 0.000000845. The predicted octanol–water partition coefficient (Wildman–Crippen LogP) is 2.07. The van der Waals surface area contributed by atoms with Crippen molar-refractivity contribution in [2.75, 3.05) is 0 Å². The molecule has 0 radical (unpaired) electrons. The maximum Gasteiger partial charge on any atom is 0.348 e. The van der Waals surface area contributed by atoms with Crippen molar-refractivity contribution in [1.82, 2.24) is 0 Å². The van der Waals surface area contributed by atoms with Crippen LogP contribution in [0.3, 0.4) is 0 Å². The Kier molecular flexibility index (Phi) is 2.59. The molecule has 3 nitrogen and oxygen atoms in total. The molecule has 0 aliphatic carbocycles. The van der Waals surface area contributed by atoms with Crippen molar-refractivity contribution in [3.05, 3.63) is 34.3 Å². The van der Waals surface area contributed by atoms with E-state index in [-0.39, 0.29) is 28.6 Å². The molecule has 13 heavy (non-hydrogen) atoms. The molecule has 1 aromatic rings. The smallest absolute Gasteiger partial charge is 0.348 e. The van der Waals surface area contributed by atoms with Crippen molar-refractivity contribution in [3.8, 4) is 0 Å². The second kappa shape index (κ2) is 3.36. The van der Waals surface area contributed by atoms with Crippen LogP contribution < -0.4 is 0 Å². The summed E-state index contributed by atoms with van der Waals surface area (Å²) < 4.78 is 4.35. The molecule has 0 saturated carbocycles. The number of carbonyl (C=O) groups is 2. The first-order chi connectivity index (χ1) is 5.70. The van der Waals surface area contributed by atoms with Crippen molar-refractivity contribution in [2.45, 2.75) is 0 Å². The number of ether oxygens (including phenoxy) is 1. The Morgan fingerprint density at radius 2 is 1.85 bits per heavy atom. The van der Waals surface area contributed by atoms with E-state index in [0.29, 0.717) is 0 Å². The number of esters is 2. The van der Waals surface area contributed by atoms with Gasteiger partial charge in [-0.25, -0.2) is 9.59 Å². The number of halogens is 2. The van der Waals surface area contributed by atoms with Crippen LogP contribution in [0.15, 0.2) is 18.2 Å². The molecule has 0 saturated heterocycles. The standard InChI is InChI=1S/C8H3ClO3.ClH/c9-5-3-1-2-4-6(5)8(11)12-7(4)10;/h1-3H;1H. The minimum atomic E-state index is -0.666. The molecule has 2 rings (SSSR count). The lowest BCUT2D eigenvalue weighted by atomic mass is 10.1. The summed E-state index contributed by atoms with van der Waals surface area (Å²) in [4.78, 5) is 21.9. The first-order valence-corrected chi connectivity index (χ1v) is 3.63. The van der Waals surface area contributed by atoms with Gasteiger partial charge < -0.3 is 4.74 Å². The van der Waals surface area contributed by atoms with E-state index in [2.05, 4.69) is 4.74 Å². The summed E-state index contributed by atoms with van der Waals surface area (Å²) in [5.74, 6) is -1.29. The summed E-state index contributed by atoms with van der Waals surface area (Å²) in [5, 5.41) is 0.253. The van der Waals surface area contributed by atoms with E-state index < -0.39 is 11.9 Å². The van der Waals surface area contributed by atoms with Crippen LogP contribution in [0.4, 0.5) is 0 Å². The lowest BCUT2D eigenvalue weighted by Gasteiger charge is -1.92. The van der Waals surface area contributed by atoms with Crippen molar-refractivity contribution in [2.24, 2.45) is 0 Å². The lowest BCUT2D eigenvalue weighted by molar-refractivity contribution is 0.0444. The van der Waals surface area contributed by atoms with Crippen molar-refractivity contribution >= 4 is 35.9 Å². The van der Waals surface area contributed by atoms with Gasteiger partial charge in [-0.15, -0.1) is 12.4 Å². The Morgan fingerprint density at radius 3 is 2.46 bits per heavy atom. The SMILES string of the molecule is Cl.O=C1OC(=O)c2c(Cl)cccc21. The molecule has 0 N–H and O–H groups in total. The molecule has 0 spiro atoms. The Hall–Kier alpha value is -1.06. The van der Waals surface area contributed by atoms with Crippen LogP contribution in [-0.2, 0) is 4.74 Å². The quantitative estimate of drug-likeness (QED) is 0.495. The molecule has 0 fully saturated rings. The maximum absolute atomic E-state index is 11.0. The normalized spacial score (nSPS) is 13.3. The van der Waals surface area contributed by atoms with E-state index in [0.717, 1.165) is 0 Å². The summed E-state index contributed by atoms with van der Waals surface area (Å²) >= 11 is 5.68. The highest BCUT2D eigenvalue weighted by atomic mass is 35.5. The van der Waals surface area contributed by atoms with E-state index in [1.54, 1.807) is 12.1 Å². The van der Waals surface area contributed by atoms with E-state index >= 15 is 0 Å². The fraction of sp³-hybridized carbons (Fsp3) is 0. The molecule has 1 aliphatic heterocycles. The first kappa shape index (κ1) is 10.0. The molecule has 68 valence electrons. The summed E-state index contributed by atoms with van der Waals surface area (Å²) in [6, 6.07) is 4.65. The highest BCUT2D eigenvalue weighted by Gasteiger charge is 2.31. The van der Waals surface area contributed by atoms with Gasteiger partial charge in [0, 0.05) is 0 Å². The number of benzene rings is 1. The predicted molar refractivity (Wildman–Crippen MR) is 48.4 cm³/mol. The molecule has 1 aliphatic rings. The monoisotopic (exact) mass is 218 g/mol. The third-order valence-electron chi connectivity index (χ3n) is 1.62. The summed E-state index contributed by atoms with van der Waals surface area (Å²) in [7, 11) is 0.